The Morgan fingerprint density at radius 1 is 1.73 bits per heavy atom. The summed E-state index contributed by atoms with van der Waals surface area (Å²) in [5.41, 5.74) is 6.43. The predicted octanol–water partition coefficient (Wildman–Crippen LogP) is 0.381. The van der Waals surface area contributed by atoms with Gasteiger partial charge in [-0.2, -0.15) is 0 Å². The first kappa shape index (κ1) is 11.7. The average Bonchev–Trinajstić information content (AvgIpc) is 2.73. The van der Waals surface area contributed by atoms with Crippen molar-refractivity contribution in [2.45, 2.75) is 26.4 Å². The molecule has 84 valence electrons. The Balaban J connectivity index is 2.84. The molecule has 0 spiro atoms. The molecule has 1 atom stereocenters. The van der Waals surface area contributed by atoms with Gasteiger partial charge in [0.05, 0.1) is 12.0 Å². The largest absolute Gasteiger partial charge is 0.344 e. The van der Waals surface area contributed by atoms with Crippen molar-refractivity contribution in [1.82, 2.24) is 14.5 Å². The standard InChI is InChI=1S/C10H18N4O/c1-4-13(3)10(15)8(2)14-7-12-6-9(14)5-11/h6-8H,4-5,11H2,1-3H3. The lowest BCUT2D eigenvalue weighted by molar-refractivity contribution is -0.132. The zero-order chi connectivity index (χ0) is 11.4. The molecule has 0 radical (unpaired) electrons. The number of nitrogens with zero attached hydrogens (tertiary/aromatic N) is 3. The summed E-state index contributed by atoms with van der Waals surface area (Å²) in [6.07, 6.45) is 3.34. The summed E-state index contributed by atoms with van der Waals surface area (Å²) in [6.45, 7) is 4.90. The van der Waals surface area contributed by atoms with Crippen molar-refractivity contribution in [1.29, 1.82) is 0 Å². The van der Waals surface area contributed by atoms with Crippen molar-refractivity contribution < 1.29 is 4.79 Å². The van der Waals surface area contributed by atoms with Gasteiger partial charge < -0.3 is 15.2 Å². The van der Waals surface area contributed by atoms with Crippen LogP contribution in [0, 0.1) is 0 Å². The van der Waals surface area contributed by atoms with Gasteiger partial charge in [-0.15, -0.1) is 0 Å². The van der Waals surface area contributed by atoms with Gasteiger partial charge in [-0.3, -0.25) is 4.79 Å². The van der Waals surface area contributed by atoms with E-state index in [1.807, 2.05) is 18.4 Å². The number of hydrogen-bond donors (Lipinski definition) is 1. The Hall–Kier alpha value is -1.36. The molecule has 1 unspecified atom stereocenters. The van der Waals surface area contributed by atoms with E-state index in [-0.39, 0.29) is 11.9 Å². The first-order valence-electron chi connectivity index (χ1n) is 5.07. The zero-order valence-electron chi connectivity index (χ0n) is 9.47. The Morgan fingerprint density at radius 3 is 2.93 bits per heavy atom. The number of likely N-dealkylation sites (N-methyl/N-ethyl adjacent to an activating group) is 1. The predicted molar refractivity (Wildman–Crippen MR) is 58.1 cm³/mol. The molecule has 0 aromatic carbocycles. The van der Waals surface area contributed by atoms with Gasteiger partial charge in [0.2, 0.25) is 5.91 Å². The summed E-state index contributed by atoms with van der Waals surface area (Å²) in [5, 5.41) is 0. The highest BCUT2D eigenvalue weighted by molar-refractivity contribution is 5.79. The van der Waals surface area contributed by atoms with Gasteiger partial charge in [-0.25, -0.2) is 4.98 Å². The van der Waals surface area contributed by atoms with E-state index in [4.69, 9.17) is 5.73 Å². The van der Waals surface area contributed by atoms with Crippen LogP contribution in [0.2, 0.25) is 0 Å². The molecular weight excluding hydrogens is 192 g/mol. The highest BCUT2D eigenvalue weighted by Crippen LogP contribution is 2.11. The second-order valence-electron chi connectivity index (χ2n) is 3.52. The maximum Gasteiger partial charge on any atom is 0.245 e. The molecule has 15 heavy (non-hydrogen) atoms. The van der Waals surface area contributed by atoms with E-state index in [9.17, 15) is 4.79 Å². The minimum atomic E-state index is -0.240. The van der Waals surface area contributed by atoms with E-state index >= 15 is 0 Å². The SMILES string of the molecule is CCN(C)C(=O)C(C)n1cncc1CN. The summed E-state index contributed by atoms with van der Waals surface area (Å²) in [6, 6.07) is -0.240. The topological polar surface area (TPSA) is 64.2 Å². The molecule has 5 heteroatoms. The molecule has 0 bridgehead atoms. The third-order valence-electron chi connectivity index (χ3n) is 2.58. The fourth-order valence-electron chi connectivity index (χ4n) is 1.43. The van der Waals surface area contributed by atoms with Gasteiger partial charge in [-0.05, 0) is 13.8 Å². The summed E-state index contributed by atoms with van der Waals surface area (Å²) in [7, 11) is 1.79. The van der Waals surface area contributed by atoms with Crippen molar-refractivity contribution in [2.24, 2.45) is 5.73 Å². The van der Waals surface area contributed by atoms with Crippen LogP contribution >= 0.6 is 0 Å². The number of amides is 1. The number of carbonyl (C=O) groups excluding carboxylic acids is 1. The van der Waals surface area contributed by atoms with Crippen LogP contribution in [0.25, 0.3) is 0 Å². The van der Waals surface area contributed by atoms with E-state index < -0.39 is 0 Å². The zero-order valence-corrected chi connectivity index (χ0v) is 9.47. The molecule has 0 aliphatic carbocycles. The van der Waals surface area contributed by atoms with Crippen LogP contribution in [0.4, 0.5) is 0 Å². The van der Waals surface area contributed by atoms with E-state index in [1.54, 1.807) is 24.5 Å². The minimum Gasteiger partial charge on any atom is -0.344 e. The molecule has 1 amide bonds. The number of rotatable bonds is 4. The Morgan fingerprint density at radius 2 is 2.40 bits per heavy atom. The number of aromatic nitrogens is 2. The summed E-state index contributed by atoms with van der Waals surface area (Å²) >= 11 is 0. The second kappa shape index (κ2) is 4.93. The third-order valence-corrected chi connectivity index (χ3v) is 2.58. The molecule has 0 aliphatic rings. The van der Waals surface area contributed by atoms with Gasteiger partial charge in [0, 0.05) is 26.3 Å². The quantitative estimate of drug-likeness (QED) is 0.781. The van der Waals surface area contributed by atoms with Crippen LogP contribution in [-0.4, -0.2) is 34.0 Å². The Bertz CT molecular complexity index is 334. The summed E-state index contributed by atoms with van der Waals surface area (Å²) in [4.78, 5) is 17.6. The Kier molecular flexibility index (Phi) is 3.85. The van der Waals surface area contributed by atoms with Crippen molar-refractivity contribution in [3.05, 3.63) is 18.2 Å². The smallest absolute Gasteiger partial charge is 0.245 e. The van der Waals surface area contributed by atoms with E-state index in [1.165, 1.54) is 0 Å². The highest BCUT2D eigenvalue weighted by Gasteiger charge is 2.19. The molecule has 1 rings (SSSR count). The van der Waals surface area contributed by atoms with E-state index in [2.05, 4.69) is 4.98 Å². The lowest BCUT2D eigenvalue weighted by atomic mass is 10.2. The summed E-state index contributed by atoms with van der Waals surface area (Å²) < 4.78 is 1.81. The first-order valence-corrected chi connectivity index (χ1v) is 5.07. The van der Waals surface area contributed by atoms with Crippen LogP contribution in [0.15, 0.2) is 12.5 Å². The van der Waals surface area contributed by atoms with E-state index in [0.29, 0.717) is 13.1 Å². The monoisotopic (exact) mass is 210 g/mol. The molecule has 0 aliphatic heterocycles. The number of imidazole rings is 1. The number of carbonyl (C=O) groups is 1. The normalized spacial score (nSPS) is 12.5. The van der Waals surface area contributed by atoms with Crippen LogP contribution in [0.5, 0.6) is 0 Å². The Labute approximate surface area is 89.9 Å². The highest BCUT2D eigenvalue weighted by atomic mass is 16.2. The van der Waals surface area contributed by atoms with Gasteiger partial charge in [0.1, 0.15) is 6.04 Å². The molecular formula is C10H18N4O. The molecule has 0 saturated heterocycles. The van der Waals surface area contributed by atoms with Crippen LogP contribution in [-0.2, 0) is 11.3 Å². The number of nitrogens with two attached hydrogens (primary N) is 1. The molecule has 1 aromatic rings. The van der Waals surface area contributed by atoms with Crippen molar-refractivity contribution in [3.8, 4) is 0 Å². The van der Waals surface area contributed by atoms with Crippen molar-refractivity contribution in [3.63, 3.8) is 0 Å². The molecule has 1 heterocycles. The second-order valence-corrected chi connectivity index (χ2v) is 3.52. The average molecular weight is 210 g/mol. The molecule has 5 nitrogen and oxygen atoms in total. The lowest BCUT2D eigenvalue weighted by Gasteiger charge is -2.21. The fourth-order valence-corrected chi connectivity index (χ4v) is 1.43. The maximum atomic E-state index is 11.9. The van der Waals surface area contributed by atoms with Gasteiger partial charge in [0.15, 0.2) is 0 Å². The molecule has 0 fully saturated rings. The third kappa shape index (κ3) is 2.36. The van der Waals surface area contributed by atoms with Crippen molar-refractivity contribution in [2.75, 3.05) is 13.6 Å². The van der Waals surface area contributed by atoms with Crippen LogP contribution < -0.4 is 5.73 Å². The molecule has 2 N–H and O–H groups in total. The van der Waals surface area contributed by atoms with Crippen molar-refractivity contribution >= 4 is 5.91 Å². The van der Waals surface area contributed by atoms with Gasteiger partial charge in [-0.1, -0.05) is 0 Å². The van der Waals surface area contributed by atoms with Gasteiger partial charge >= 0.3 is 0 Å². The summed E-state index contributed by atoms with van der Waals surface area (Å²) in [5.74, 6) is 0.0743. The number of hydrogen-bond acceptors (Lipinski definition) is 3. The minimum absolute atomic E-state index is 0.0743. The van der Waals surface area contributed by atoms with Crippen LogP contribution in [0.1, 0.15) is 25.6 Å². The van der Waals surface area contributed by atoms with E-state index in [0.717, 1.165) is 5.69 Å². The van der Waals surface area contributed by atoms with Gasteiger partial charge in [0.25, 0.3) is 0 Å². The lowest BCUT2D eigenvalue weighted by Crippen LogP contribution is -2.33. The molecule has 1 aromatic heterocycles. The molecule has 0 saturated carbocycles. The van der Waals surface area contributed by atoms with Crippen LogP contribution in [0.3, 0.4) is 0 Å². The first-order chi connectivity index (χ1) is 7.11. The fraction of sp³-hybridized carbons (Fsp3) is 0.600. The maximum absolute atomic E-state index is 11.9.